The fourth-order valence-electron chi connectivity index (χ4n) is 1.12. The molecule has 0 aromatic heterocycles. The third-order valence-electron chi connectivity index (χ3n) is 1.74. The van der Waals surface area contributed by atoms with E-state index in [1.165, 1.54) is 0 Å². The summed E-state index contributed by atoms with van der Waals surface area (Å²) in [7, 11) is 0. The highest BCUT2D eigenvalue weighted by Crippen LogP contribution is 1.97. The molecule has 1 aliphatic rings. The predicted molar refractivity (Wildman–Crippen MR) is 39.5 cm³/mol. The van der Waals surface area contributed by atoms with Gasteiger partial charge in [-0.15, -0.1) is 0 Å². The first-order valence-corrected chi connectivity index (χ1v) is 3.83. The fourth-order valence-corrected chi connectivity index (χ4v) is 1.12. The van der Waals surface area contributed by atoms with E-state index in [0.29, 0.717) is 6.42 Å². The molecule has 1 amide bonds. The second-order valence-corrected chi connectivity index (χ2v) is 2.52. The van der Waals surface area contributed by atoms with Gasteiger partial charge < -0.3 is 4.90 Å². The van der Waals surface area contributed by atoms with Crippen LogP contribution in [0.25, 0.3) is 0 Å². The van der Waals surface area contributed by atoms with Crippen LogP contribution in [0.3, 0.4) is 0 Å². The Kier molecular flexibility index (Phi) is 2.68. The van der Waals surface area contributed by atoms with Crippen LogP contribution in [0, 0.1) is 0 Å². The molecule has 0 atom stereocenters. The molecule has 0 aromatic rings. The number of nitrogens with one attached hydrogen (secondary N) is 1. The SMILES string of the molecule is CCC(=O)N1CCCNC1. The van der Waals surface area contributed by atoms with Crippen LogP contribution in [-0.2, 0) is 4.79 Å². The molecule has 10 heavy (non-hydrogen) atoms. The average Bonchev–Trinajstić information content (AvgIpc) is 2.05. The molecular formula is C7H14N2O. The Morgan fingerprint density at radius 3 is 3.00 bits per heavy atom. The van der Waals surface area contributed by atoms with E-state index in [9.17, 15) is 4.79 Å². The molecule has 0 saturated carbocycles. The molecule has 1 aliphatic heterocycles. The zero-order valence-corrected chi connectivity index (χ0v) is 6.39. The molecular weight excluding hydrogens is 128 g/mol. The predicted octanol–water partition coefficient (Wildman–Crippen LogP) is 0.176. The number of amides is 1. The van der Waals surface area contributed by atoms with Crippen LogP contribution in [0.2, 0.25) is 0 Å². The highest BCUT2D eigenvalue weighted by Gasteiger charge is 2.12. The van der Waals surface area contributed by atoms with Gasteiger partial charge in [0.15, 0.2) is 0 Å². The topological polar surface area (TPSA) is 32.3 Å². The van der Waals surface area contributed by atoms with Crippen LogP contribution in [0.15, 0.2) is 0 Å². The van der Waals surface area contributed by atoms with Crippen molar-refractivity contribution < 1.29 is 4.79 Å². The highest BCUT2D eigenvalue weighted by molar-refractivity contribution is 5.75. The molecule has 0 spiro atoms. The molecule has 0 bridgehead atoms. The second kappa shape index (κ2) is 3.56. The quantitative estimate of drug-likeness (QED) is 0.566. The van der Waals surface area contributed by atoms with Gasteiger partial charge >= 0.3 is 0 Å². The van der Waals surface area contributed by atoms with E-state index in [2.05, 4.69) is 5.32 Å². The van der Waals surface area contributed by atoms with Gasteiger partial charge in [0.2, 0.25) is 5.91 Å². The summed E-state index contributed by atoms with van der Waals surface area (Å²) in [5, 5.41) is 3.16. The van der Waals surface area contributed by atoms with Crippen molar-refractivity contribution in [1.29, 1.82) is 0 Å². The van der Waals surface area contributed by atoms with E-state index >= 15 is 0 Å². The number of hydrogen-bond donors (Lipinski definition) is 1. The summed E-state index contributed by atoms with van der Waals surface area (Å²) >= 11 is 0. The average molecular weight is 142 g/mol. The number of carbonyl (C=O) groups excluding carboxylic acids is 1. The summed E-state index contributed by atoms with van der Waals surface area (Å²) in [6, 6.07) is 0. The lowest BCUT2D eigenvalue weighted by Gasteiger charge is -2.26. The van der Waals surface area contributed by atoms with Gasteiger partial charge in [-0.05, 0) is 13.0 Å². The molecule has 0 unspecified atom stereocenters. The molecule has 0 aromatic carbocycles. The minimum Gasteiger partial charge on any atom is -0.330 e. The van der Waals surface area contributed by atoms with Crippen molar-refractivity contribution in [3.63, 3.8) is 0 Å². The second-order valence-electron chi connectivity index (χ2n) is 2.52. The van der Waals surface area contributed by atoms with Crippen LogP contribution < -0.4 is 5.32 Å². The maximum absolute atomic E-state index is 11.1. The van der Waals surface area contributed by atoms with Gasteiger partial charge in [0.25, 0.3) is 0 Å². The summed E-state index contributed by atoms with van der Waals surface area (Å²) in [4.78, 5) is 12.9. The summed E-state index contributed by atoms with van der Waals surface area (Å²) in [6.45, 7) is 4.62. The summed E-state index contributed by atoms with van der Waals surface area (Å²) < 4.78 is 0. The molecule has 1 saturated heterocycles. The van der Waals surface area contributed by atoms with Crippen LogP contribution in [0.1, 0.15) is 19.8 Å². The van der Waals surface area contributed by atoms with Gasteiger partial charge in [-0.1, -0.05) is 6.92 Å². The van der Waals surface area contributed by atoms with Crippen molar-refractivity contribution in [3.8, 4) is 0 Å². The lowest BCUT2D eigenvalue weighted by Crippen LogP contribution is -2.44. The van der Waals surface area contributed by atoms with E-state index in [1.54, 1.807) is 0 Å². The Hall–Kier alpha value is -0.570. The first kappa shape index (κ1) is 7.54. The standard InChI is InChI=1S/C7H14N2O/c1-2-7(10)9-5-3-4-8-6-9/h8H,2-6H2,1H3. The lowest BCUT2D eigenvalue weighted by molar-refractivity contribution is -0.132. The first-order valence-electron chi connectivity index (χ1n) is 3.83. The maximum atomic E-state index is 11.1. The van der Waals surface area contributed by atoms with E-state index in [4.69, 9.17) is 0 Å². The Balaban J connectivity index is 2.31. The summed E-state index contributed by atoms with van der Waals surface area (Å²) in [5.74, 6) is 0.257. The van der Waals surface area contributed by atoms with Crippen molar-refractivity contribution in [1.82, 2.24) is 10.2 Å². The van der Waals surface area contributed by atoms with E-state index < -0.39 is 0 Å². The Morgan fingerprint density at radius 1 is 1.70 bits per heavy atom. The minimum absolute atomic E-state index is 0.257. The largest absolute Gasteiger partial charge is 0.330 e. The Labute approximate surface area is 61.4 Å². The molecule has 58 valence electrons. The Morgan fingerprint density at radius 2 is 2.50 bits per heavy atom. The van der Waals surface area contributed by atoms with Crippen molar-refractivity contribution in [3.05, 3.63) is 0 Å². The molecule has 1 rings (SSSR count). The minimum atomic E-state index is 0.257. The molecule has 0 aliphatic carbocycles. The van der Waals surface area contributed by atoms with Gasteiger partial charge in [0.05, 0.1) is 6.67 Å². The Bertz CT molecular complexity index is 119. The van der Waals surface area contributed by atoms with Gasteiger partial charge in [0.1, 0.15) is 0 Å². The van der Waals surface area contributed by atoms with Crippen LogP contribution in [-0.4, -0.2) is 30.6 Å². The zero-order chi connectivity index (χ0) is 7.40. The monoisotopic (exact) mass is 142 g/mol. The van der Waals surface area contributed by atoms with Crippen LogP contribution in [0.5, 0.6) is 0 Å². The molecule has 0 radical (unpaired) electrons. The molecule has 1 heterocycles. The van der Waals surface area contributed by atoms with Crippen molar-refractivity contribution in [2.24, 2.45) is 0 Å². The first-order chi connectivity index (χ1) is 4.84. The molecule has 3 nitrogen and oxygen atoms in total. The van der Waals surface area contributed by atoms with Crippen molar-refractivity contribution in [2.75, 3.05) is 19.8 Å². The molecule has 1 N–H and O–H groups in total. The lowest BCUT2D eigenvalue weighted by atomic mass is 10.3. The maximum Gasteiger partial charge on any atom is 0.223 e. The summed E-state index contributed by atoms with van der Waals surface area (Å²) in [5.41, 5.74) is 0. The third kappa shape index (κ3) is 1.70. The highest BCUT2D eigenvalue weighted by atomic mass is 16.2. The normalized spacial score (nSPS) is 19.1. The number of hydrogen-bond acceptors (Lipinski definition) is 2. The molecule has 1 fully saturated rings. The van der Waals surface area contributed by atoms with Crippen LogP contribution >= 0.6 is 0 Å². The zero-order valence-electron chi connectivity index (χ0n) is 6.39. The van der Waals surface area contributed by atoms with E-state index in [0.717, 1.165) is 26.2 Å². The van der Waals surface area contributed by atoms with Gasteiger partial charge in [-0.2, -0.15) is 0 Å². The third-order valence-corrected chi connectivity index (χ3v) is 1.74. The van der Waals surface area contributed by atoms with Gasteiger partial charge in [-0.25, -0.2) is 0 Å². The van der Waals surface area contributed by atoms with E-state index in [1.807, 2.05) is 11.8 Å². The smallest absolute Gasteiger partial charge is 0.223 e. The van der Waals surface area contributed by atoms with Gasteiger partial charge in [-0.3, -0.25) is 10.1 Å². The van der Waals surface area contributed by atoms with Gasteiger partial charge in [0, 0.05) is 13.0 Å². The van der Waals surface area contributed by atoms with E-state index in [-0.39, 0.29) is 5.91 Å². The summed E-state index contributed by atoms with van der Waals surface area (Å²) in [6.07, 6.45) is 1.72. The number of carbonyl (C=O) groups is 1. The van der Waals surface area contributed by atoms with Crippen molar-refractivity contribution in [2.45, 2.75) is 19.8 Å². The molecule has 3 heteroatoms. The van der Waals surface area contributed by atoms with Crippen LogP contribution in [0.4, 0.5) is 0 Å². The fraction of sp³-hybridized carbons (Fsp3) is 0.857. The number of rotatable bonds is 1. The van der Waals surface area contributed by atoms with Crippen molar-refractivity contribution >= 4 is 5.91 Å². The number of nitrogens with zero attached hydrogens (tertiary/aromatic N) is 1.